The molecule has 3 N–H and O–H groups in total. The minimum absolute atomic E-state index is 0.0187. The Bertz CT molecular complexity index is 576. The third kappa shape index (κ3) is 6.09. The molecule has 0 spiro atoms. The Morgan fingerprint density at radius 3 is 2.64 bits per heavy atom. The van der Waals surface area contributed by atoms with Crippen LogP contribution in [0, 0.1) is 11.3 Å². The predicted octanol–water partition coefficient (Wildman–Crippen LogP) is 1.73. The van der Waals surface area contributed by atoms with Gasteiger partial charge in [0.25, 0.3) is 5.91 Å². The molecule has 0 aliphatic heterocycles. The van der Waals surface area contributed by atoms with Gasteiger partial charge in [0, 0.05) is 25.2 Å². The zero-order valence-corrected chi connectivity index (χ0v) is 12.4. The molecule has 1 rings (SSSR count). The molecule has 0 aliphatic carbocycles. The predicted molar refractivity (Wildman–Crippen MR) is 81.6 cm³/mol. The molecular weight excluding hydrogens is 282 g/mol. The van der Waals surface area contributed by atoms with Gasteiger partial charge in [-0.15, -0.1) is 0 Å². The Labute approximate surface area is 129 Å². The van der Waals surface area contributed by atoms with Gasteiger partial charge in [0.2, 0.25) is 0 Å². The molecular formula is C16H19N3O3. The number of carboxylic acid groups (broad SMARTS) is 1. The first-order valence-electron chi connectivity index (χ1n) is 6.96. The van der Waals surface area contributed by atoms with Crippen molar-refractivity contribution in [3.05, 3.63) is 47.7 Å². The van der Waals surface area contributed by atoms with Gasteiger partial charge in [0.05, 0.1) is 0 Å². The van der Waals surface area contributed by atoms with E-state index in [9.17, 15) is 9.59 Å². The fraction of sp³-hybridized carbons (Fsp3) is 0.312. The number of hydrogen-bond acceptors (Lipinski definition) is 4. The summed E-state index contributed by atoms with van der Waals surface area (Å²) in [5, 5.41) is 23.0. The first-order chi connectivity index (χ1) is 10.5. The van der Waals surface area contributed by atoms with E-state index in [-0.39, 0.29) is 24.6 Å². The molecule has 1 atom stereocenters. The van der Waals surface area contributed by atoms with Gasteiger partial charge in [-0.2, -0.15) is 5.26 Å². The second-order valence-corrected chi connectivity index (χ2v) is 4.72. The monoisotopic (exact) mass is 301 g/mol. The number of nitriles is 1. The summed E-state index contributed by atoms with van der Waals surface area (Å²) in [5.74, 6) is -1.43. The van der Waals surface area contributed by atoms with E-state index >= 15 is 0 Å². The Morgan fingerprint density at radius 1 is 1.36 bits per heavy atom. The van der Waals surface area contributed by atoms with Gasteiger partial charge in [-0.25, -0.2) is 0 Å². The third-order valence-electron chi connectivity index (χ3n) is 3.00. The molecule has 116 valence electrons. The van der Waals surface area contributed by atoms with Gasteiger partial charge in [-0.3, -0.25) is 9.59 Å². The van der Waals surface area contributed by atoms with Gasteiger partial charge in [-0.05, 0) is 18.9 Å². The maximum Gasteiger partial charge on any atom is 0.303 e. The van der Waals surface area contributed by atoms with Crippen molar-refractivity contribution >= 4 is 11.9 Å². The number of nitrogens with zero attached hydrogens (tertiary/aromatic N) is 1. The van der Waals surface area contributed by atoms with E-state index in [4.69, 9.17) is 10.4 Å². The number of carbonyl (C=O) groups excluding carboxylic acids is 1. The van der Waals surface area contributed by atoms with Crippen LogP contribution in [0.4, 0.5) is 0 Å². The van der Waals surface area contributed by atoms with Gasteiger partial charge in [0.15, 0.2) is 0 Å². The van der Waals surface area contributed by atoms with E-state index in [1.54, 1.807) is 0 Å². The highest BCUT2D eigenvalue weighted by Gasteiger charge is 2.09. The molecule has 0 heterocycles. The molecule has 6 nitrogen and oxygen atoms in total. The van der Waals surface area contributed by atoms with E-state index in [0.29, 0.717) is 6.42 Å². The lowest BCUT2D eigenvalue weighted by Crippen LogP contribution is -2.27. The second-order valence-electron chi connectivity index (χ2n) is 4.72. The Kier molecular flexibility index (Phi) is 7.20. The summed E-state index contributed by atoms with van der Waals surface area (Å²) in [6.45, 7) is 2.14. The number of carboxylic acids is 1. The van der Waals surface area contributed by atoms with Gasteiger partial charge in [-0.1, -0.05) is 30.3 Å². The van der Waals surface area contributed by atoms with Crippen LogP contribution in [-0.4, -0.2) is 23.5 Å². The fourth-order valence-corrected chi connectivity index (χ4v) is 1.73. The highest BCUT2D eigenvalue weighted by Crippen LogP contribution is 2.11. The van der Waals surface area contributed by atoms with Crippen molar-refractivity contribution in [1.82, 2.24) is 10.6 Å². The number of aliphatic carboxylic acids is 1. The summed E-state index contributed by atoms with van der Waals surface area (Å²) in [7, 11) is 0. The lowest BCUT2D eigenvalue weighted by Gasteiger charge is -2.12. The molecule has 0 aliphatic rings. The number of hydrogen-bond donors (Lipinski definition) is 3. The molecule has 1 aromatic rings. The summed E-state index contributed by atoms with van der Waals surface area (Å²) < 4.78 is 0. The normalized spacial score (nSPS) is 12.1. The Hall–Kier alpha value is -2.81. The largest absolute Gasteiger partial charge is 0.481 e. The SMILES string of the molecule is CC(N/C=C(/C#N)C(=O)NCCCC(=O)O)c1ccccc1. The summed E-state index contributed by atoms with van der Waals surface area (Å²) in [6.07, 6.45) is 1.69. The molecule has 0 bridgehead atoms. The van der Waals surface area contributed by atoms with Crippen LogP contribution in [0.2, 0.25) is 0 Å². The minimum Gasteiger partial charge on any atom is -0.481 e. The van der Waals surface area contributed by atoms with Crippen LogP contribution in [-0.2, 0) is 9.59 Å². The highest BCUT2D eigenvalue weighted by atomic mass is 16.4. The molecule has 0 saturated heterocycles. The lowest BCUT2D eigenvalue weighted by atomic mass is 10.1. The first-order valence-corrected chi connectivity index (χ1v) is 6.96. The maximum absolute atomic E-state index is 11.8. The number of benzene rings is 1. The molecule has 6 heteroatoms. The summed E-state index contributed by atoms with van der Waals surface area (Å²) in [4.78, 5) is 22.1. The van der Waals surface area contributed by atoms with Crippen molar-refractivity contribution in [3.63, 3.8) is 0 Å². The lowest BCUT2D eigenvalue weighted by molar-refractivity contribution is -0.137. The second kappa shape index (κ2) is 9.19. The van der Waals surface area contributed by atoms with Crippen LogP contribution >= 0.6 is 0 Å². The molecule has 0 radical (unpaired) electrons. The van der Waals surface area contributed by atoms with Crippen LogP contribution in [0.25, 0.3) is 0 Å². The minimum atomic E-state index is -0.913. The number of nitrogens with one attached hydrogen (secondary N) is 2. The zero-order chi connectivity index (χ0) is 16.4. The number of amides is 1. The van der Waals surface area contributed by atoms with Crippen LogP contribution in [0.15, 0.2) is 42.1 Å². The molecule has 0 aromatic heterocycles. The maximum atomic E-state index is 11.8. The summed E-state index contributed by atoms with van der Waals surface area (Å²) in [6, 6.07) is 11.4. The van der Waals surface area contributed by atoms with Crippen molar-refractivity contribution in [2.75, 3.05) is 6.54 Å². The Morgan fingerprint density at radius 2 is 2.05 bits per heavy atom. The van der Waals surface area contributed by atoms with Crippen molar-refractivity contribution in [2.45, 2.75) is 25.8 Å². The van der Waals surface area contributed by atoms with E-state index in [1.807, 2.05) is 43.3 Å². The average molecular weight is 301 g/mol. The van der Waals surface area contributed by atoms with Crippen molar-refractivity contribution in [3.8, 4) is 6.07 Å². The van der Waals surface area contributed by atoms with Gasteiger partial charge >= 0.3 is 5.97 Å². The number of rotatable bonds is 8. The van der Waals surface area contributed by atoms with Gasteiger partial charge in [0.1, 0.15) is 11.6 Å². The fourth-order valence-electron chi connectivity index (χ4n) is 1.73. The van der Waals surface area contributed by atoms with Crippen LogP contribution < -0.4 is 10.6 Å². The Balaban J connectivity index is 2.50. The molecule has 0 fully saturated rings. The van der Waals surface area contributed by atoms with Crippen LogP contribution in [0.5, 0.6) is 0 Å². The highest BCUT2D eigenvalue weighted by molar-refractivity contribution is 5.97. The quantitative estimate of drug-likeness (QED) is 0.385. The molecule has 1 amide bonds. The first kappa shape index (κ1) is 17.2. The van der Waals surface area contributed by atoms with Crippen molar-refractivity contribution in [1.29, 1.82) is 5.26 Å². The molecule has 1 aromatic carbocycles. The summed E-state index contributed by atoms with van der Waals surface area (Å²) >= 11 is 0. The van der Waals surface area contributed by atoms with E-state index in [0.717, 1.165) is 5.56 Å². The average Bonchev–Trinajstić information content (AvgIpc) is 2.52. The standard InChI is InChI=1S/C16H19N3O3/c1-12(13-6-3-2-4-7-13)19-11-14(10-17)16(22)18-9-5-8-15(20)21/h2-4,6-7,11-12,19H,5,8-9H2,1H3,(H,18,22)(H,20,21)/b14-11-. The summed E-state index contributed by atoms with van der Waals surface area (Å²) in [5.41, 5.74) is 0.996. The molecule has 1 unspecified atom stereocenters. The van der Waals surface area contributed by atoms with E-state index < -0.39 is 11.9 Å². The molecule has 22 heavy (non-hydrogen) atoms. The molecule has 0 saturated carbocycles. The van der Waals surface area contributed by atoms with E-state index in [1.165, 1.54) is 6.20 Å². The smallest absolute Gasteiger partial charge is 0.303 e. The zero-order valence-electron chi connectivity index (χ0n) is 12.4. The van der Waals surface area contributed by atoms with Crippen LogP contribution in [0.3, 0.4) is 0 Å². The third-order valence-corrected chi connectivity index (χ3v) is 3.00. The van der Waals surface area contributed by atoms with E-state index in [2.05, 4.69) is 10.6 Å². The van der Waals surface area contributed by atoms with Crippen LogP contribution in [0.1, 0.15) is 31.4 Å². The van der Waals surface area contributed by atoms with Crippen molar-refractivity contribution in [2.24, 2.45) is 0 Å². The van der Waals surface area contributed by atoms with Crippen molar-refractivity contribution < 1.29 is 14.7 Å². The topological polar surface area (TPSA) is 102 Å². The number of carbonyl (C=O) groups is 2. The van der Waals surface area contributed by atoms with Gasteiger partial charge < -0.3 is 15.7 Å².